The number of hydrogen-bond acceptors (Lipinski definition) is 10. The first-order chi connectivity index (χ1) is 18.2. The Bertz CT molecular complexity index is 589. The molecule has 0 saturated heterocycles. The van der Waals surface area contributed by atoms with Crippen molar-refractivity contribution in [2.45, 2.75) is 115 Å². The topological polar surface area (TPSA) is 88.5 Å². The molecule has 0 spiro atoms. The molecule has 0 saturated carbocycles. The number of ether oxygens (including phenoxy) is 2. The van der Waals surface area contributed by atoms with Crippen LogP contribution in [0, 0.1) is 11.8 Å². The normalized spacial score (nSPS) is 11.9. The average molecular weight is 631 g/mol. The van der Waals surface area contributed by atoms with Crippen molar-refractivity contribution in [3.8, 4) is 0 Å². The van der Waals surface area contributed by atoms with E-state index in [0.717, 1.165) is 0 Å². The number of rotatable bonds is 20. The van der Waals surface area contributed by atoms with Gasteiger partial charge in [-0.2, -0.15) is 0 Å². The first kappa shape index (κ1) is 44.7. The summed E-state index contributed by atoms with van der Waals surface area (Å²) in [5, 5.41) is 8.79. The van der Waals surface area contributed by atoms with Gasteiger partial charge in [0.15, 0.2) is 18.7 Å². The van der Waals surface area contributed by atoms with Crippen LogP contribution in [-0.2, 0) is 23.6 Å². The smallest absolute Gasteiger partial charge is 0.191 e. The summed E-state index contributed by atoms with van der Waals surface area (Å²) in [6.07, 6.45) is 0. The van der Waals surface area contributed by atoms with Crippen LogP contribution in [0.3, 0.4) is 0 Å². The van der Waals surface area contributed by atoms with E-state index in [1.165, 1.54) is 23.5 Å². The van der Waals surface area contributed by atoms with Crippen molar-refractivity contribution in [2.75, 3.05) is 51.1 Å². The molecule has 0 unspecified atom stereocenters. The summed E-state index contributed by atoms with van der Waals surface area (Å²) >= 11 is 2.65. The molecule has 0 fully saturated rings. The highest BCUT2D eigenvalue weighted by Crippen LogP contribution is 2.50. The lowest BCUT2D eigenvalue weighted by Gasteiger charge is -2.45. The minimum atomic E-state index is -0.861. The number of carbonyl (C=O) groups excluding carboxylic acids is 2. The van der Waals surface area contributed by atoms with Crippen molar-refractivity contribution in [3.63, 3.8) is 0 Å². The van der Waals surface area contributed by atoms with Crippen LogP contribution in [0.4, 0.5) is 0 Å². The molecule has 0 bridgehead atoms. The summed E-state index contributed by atoms with van der Waals surface area (Å²) in [5.41, 5.74) is 0. The second-order valence-electron chi connectivity index (χ2n) is 10.8. The van der Waals surface area contributed by atoms with Crippen molar-refractivity contribution in [2.24, 2.45) is 11.8 Å². The Morgan fingerprint density at radius 1 is 0.625 bits per heavy atom. The molecule has 0 aliphatic rings. The molecule has 0 aliphatic heterocycles. The van der Waals surface area contributed by atoms with Crippen LogP contribution in [0.1, 0.15) is 90.5 Å². The van der Waals surface area contributed by atoms with E-state index < -0.39 is 8.45 Å². The van der Waals surface area contributed by atoms with Crippen molar-refractivity contribution >= 4 is 42.2 Å². The highest BCUT2D eigenvalue weighted by molar-refractivity contribution is 8.13. The molecule has 11 heteroatoms. The van der Waals surface area contributed by atoms with E-state index in [1.807, 2.05) is 27.7 Å². The molecule has 242 valence electrons. The lowest BCUT2D eigenvalue weighted by Crippen LogP contribution is -2.43. The fourth-order valence-electron chi connectivity index (χ4n) is 3.42. The Morgan fingerprint density at radius 3 is 1.27 bits per heavy atom. The van der Waals surface area contributed by atoms with Crippen LogP contribution in [0.5, 0.6) is 0 Å². The van der Waals surface area contributed by atoms with Gasteiger partial charge in [-0.3, -0.25) is 9.59 Å². The van der Waals surface area contributed by atoms with Crippen molar-refractivity contribution in [3.05, 3.63) is 0 Å². The van der Waals surface area contributed by atoms with Gasteiger partial charge in [-0.15, -0.1) is 0 Å². The Kier molecular flexibility index (Phi) is 30.0. The molecule has 8 nitrogen and oxygen atoms in total. The third-order valence-electron chi connectivity index (χ3n) is 5.07. The van der Waals surface area contributed by atoms with Crippen molar-refractivity contribution in [1.82, 2.24) is 9.34 Å². The number of hydrogen-bond donors (Lipinski definition) is 1. The van der Waals surface area contributed by atoms with Crippen molar-refractivity contribution in [1.29, 1.82) is 0 Å². The summed E-state index contributed by atoms with van der Waals surface area (Å²) in [6.45, 7) is 28.1. The maximum Gasteiger partial charge on any atom is 0.191 e. The summed E-state index contributed by atoms with van der Waals surface area (Å²) in [5.74, 6) is 1.56. The van der Waals surface area contributed by atoms with Gasteiger partial charge in [0.2, 0.25) is 0 Å². The maximum absolute atomic E-state index is 11.6. The average Bonchev–Trinajstić information content (AvgIpc) is 2.82. The zero-order valence-corrected chi connectivity index (χ0v) is 29.3. The van der Waals surface area contributed by atoms with E-state index in [2.05, 4.69) is 64.7 Å². The minimum Gasteiger partial charge on any atom is -0.394 e. The monoisotopic (exact) mass is 630 g/mol. The van der Waals surface area contributed by atoms with Crippen molar-refractivity contribution < 1.29 is 28.7 Å². The number of aliphatic hydroxyl groups is 1. The van der Waals surface area contributed by atoms with E-state index >= 15 is 0 Å². The number of aliphatic hydroxyl groups excluding tert-OH is 1. The van der Waals surface area contributed by atoms with Gasteiger partial charge in [0.1, 0.15) is 0 Å². The summed E-state index contributed by atoms with van der Waals surface area (Å²) < 4.78 is 22.0. The summed E-state index contributed by atoms with van der Waals surface area (Å²) in [4.78, 5) is 22.6. The van der Waals surface area contributed by atoms with Gasteiger partial charge >= 0.3 is 0 Å². The maximum atomic E-state index is 11.6. The van der Waals surface area contributed by atoms with Crippen LogP contribution in [0.2, 0.25) is 0 Å². The molecule has 0 amide bonds. The fourth-order valence-corrected chi connectivity index (χ4v) is 7.21. The lowest BCUT2D eigenvalue weighted by molar-refractivity contribution is -0.114. The molecular weight excluding hydrogens is 567 g/mol. The van der Waals surface area contributed by atoms with E-state index in [-0.39, 0.29) is 36.1 Å². The predicted molar refractivity (Wildman–Crippen MR) is 177 cm³/mol. The molecule has 40 heavy (non-hydrogen) atoms. The third-order valence-corrected chi connectivity index (χ3v) is 10.4. The number of nitrogens with zero attached hydrogens (tertiary/aromatic N) is 2. The third kappa shape index (κ3) is 21.9. The highest BCUT2D eigenvalue weighted by atomic mass is 32.2. The molecule has 1 N–H and O–H groups in total. The summed E-state index contributed by atoms with van der Waals surface area (Å²) in [7, 11) is -0.861. The largest absolute Gasteiger partial charge is 0.394 e. The van der Waals surface area contributed by atoms with E-state index in [9.17, 15) is 9.59 Å². The van der Waals surface area contributed by atoms with Crippen LogP contribution in [0.25, 0.3) is 0 Å². The zero-order chi connectivity index (χ0) is 30.5. The Hall–Kier alpha value is 0.230. The second kappa shape index (κ2) is 26.8. The zero-order valence-electron chi connectivity index (χ0n) is 26.8. The fraction of sp³-hybridized carbons (Fsp3) is 0.931. The number of thioether (sulfide) groups is 2. The molecule has 0 atom stereocenters. The van der Waals surface area contributed by atoms with Gasteiger partial charge in [0.25, 0.3) is 0 Å². The Labute approximate surface area is 257 Å². The molecule has 0 rings (SSSR count). The predicted octanol–water partition coefficient (Wildman–Crippen LogP) is 6.95. The van der Waals surface area contributed by atoms with Gasteiger partial charge in [-0.1, -0.05) is 58.6 Å². The molecular formula is C29H63N2O6PS2. The van der Waals surface area contributed by atoms with Crippen LogP contribution >= 0.6 is 32.0 Å². The lowest BCUT2D eigenvalue weighted by atomic mass is 10.3. The molecule has 0 radical (unpaired) electrons. The summed E-state index contributed by atoms with van der Waals surface area (Å²) in [6, 6.07) is 1.65. The van der Waals surface area contributed by atoms with E-state index in [4.69, 9.17) is 19.1 Å². The minimum absolute atomic E-state index is 0. The van der Waals surface area contributed by atoms with E-state index in [0.29, 0.717) is 68.7 Å². The molecule has 0 aromatic rings. The van der Waals surface area contributed by atoms with E-state index in [1.54, 1.807) is 0 Å². The molecule has 0 heterocycles. The quantitative estimate of drug-likeness (QED) is 0.113. The SMILES string of the molecule is C.CC(C)C(=O)SCCOCCO.CC(C)C(=O)SCCOCCOP(N(C(C)C)C(C)C)N(C(C)C)C(C)C. The first-order valence-electron chi connectivity index (χ1n) is 14.3. The van der Waals surface area contributed by atoms with Gasteiger partial charge in [-0.05, 0) is 55.4 Å². The van der Waals surface area contributed by atoms with Crippen LogP contribution in [-0.4, -0.2) is 100.0 Å². The van der Waals surface area contributed by atoms with Gasteiger partial charge in [-0.25, -0.2) is 9.34 Å². The Balaban J connectivity index is -0.000000885. The van der Waals surface area contributed by atoms with Gasteiger partial charge in [0.05, 0.1) is 39.6 Å². The standard InChI is InChI=1S/C20H43N2O3PS.C8H16O3S.CH4/c1-15(2)20(23)27-14-13-24-11-12-25-26(21(16(3)4)17(5)6)22(18(7)8)19(9)10;1-7(2)8(10)12-6-5-11-4-3-9;/h15-19H,11-14H2,1-10H3;7,9H,3-6H2,1-2H3;1H4. The van der Waals surface area contributed by atoms with Crippen LogP contribution in [0.15, 0.2) is 0 Å². The first-order valence-corrected chi connectivity index (χ1v) is 17.4. The van der Waals surface area contributed by atoms with Gasteiger partial charge in [0, 0.05) is 47.5 Å². The molecule has 0 aliphatic carbocycles. The molecule has 0 aromatic carbocycles. The number of carbonyl (C=O) groups is 2. The highest BCUT2D eigenvalue weighted by Gasteiger charge is 2.34. The Morgan fingerprint density at radius 2 is 0.975 bits per heavy atom. The molecule has 0 aromatic heterocycles. The second-order valence-corrected chi connectivity index (χ2v) is 14.7. The van der Waals surface area contributed by atoms with Crippen LogP contribution < -0.4 is 0 Å². The van der Waals surface area contributed by atoms with Gasteiger partial charge < -0.3 is 19.1 Å².